The van der Waals surface area contributed by atoms with Crippen LogP contribution in [0.25, 0.3) is 0 Å². The van der Waals surface area contributed by atoms with Crippen LogP contribution in [0.15, 0.2) is 30.3 Å². The number of piperazine rings is 1. The van der Waals surface area contributed by atoms with E-state index >= 15 is 0 Å². The van der Waals surface area contributed by atoms with Crippen LogP contribution >= 0.6 is 0 Å². The fourth-order valence-corrected chi connectivity index (χ4v) is 2.61. The molecule has 2 unspecified atom stereocenters. The van der Waals surface area contributed by atoms with Crippen molar-refractivity contribution in [3.8, 4) is 0 Å². The standard InChI is InChI=1S/C16H26N4O/c1-13(12-20-10-8-19(2)9-11-20)18-16(21)15(17)14-6-4-3-5-7-14/h3-7,13,15H,8-12,17H2,1-2H3,(H,18,21). The molecule has 1 fully saturated rings. The number of rotatable bonds is 5. The summed E-state index contributed by atoms with van der Waals surface area (Å²) in [6.45, 7) is 7.20. The molecule has 1 saturated heterocycles. The van der Waals surface area contributed by atoms with Crippen LogP contribution in [0.5, 0.6) is 0 Å². The van der Waals surface area contributed by atoms with Gasteiger partial charge in [-0.1, -0.05) is 30.3 Å². The van der Waals surface area contributed by atoms with Crippen molar-refractivity contribution in [3.05, 3.63) is 35.9 Å². The largest absolute Gasteiger partial charge is 0.351 e. The van der Waals surface area contributed by atoms with Crippen molar-refractivity contribution in [2.75, 3.05) is 39.8 Å². The van der Waals surface area contributed by atoms with E-state index in [1.54, 1.807) is 0 Å². The molecule has 3 N–H and O–H groups in total. The lowest BCUT2D eigenvalue weighted by atomic mass is 10.1. The highest BCUT2D eigenvalue weighted by atomic mass is 16.2. The molecule has 0 bridgehead atoms. The molecule has 1 aliphatic heterocycles. The lowest BCUT2D eigenvalue weighted by Gasteiger charge is -2.34. The normalized spacial score (nSPS) is 20.0. The Kier molecular flexibility index (Phi) is 5.73. The Morgan fingerprint density at radius 1 is 1.24 bits per heavy atom. The number of nitrogens with one attached hydrogen (secondary N) is 1. The molecule has 5 nitrogen and oxygen atoms in total. The highest BCUT2D eigenvalue weighted by molar-refractivity contribution is 5.83. The molecule has 1 amide bonds. The van der Waals surface area contributed by atoms with Gasteiger partial charge in [-0.3, -0.25) is 9.69 Å². The van der Waals surface area contributed by atoms with E-state index in [0.717, 1.165) is 38.3 Å². The maximum absolute atomic E-state index is 12.2. The van der Waals surface area contributed by atoms with Crippen molar-refractivity contribution in [1.29, 1.82) is 0 Å². The molecule has 0 saturated carbocycles. The molecule has 1 aromatic carbocycles. The van der Waals surface area contributed by atoms with Gasteiger partial charge in [0.15, 0.2) is 0 Å². The summed E-state index contributed by atoms with van der Waals surface area (Å²) < 4.78 is 0. The molecule has 0 radical (unpaired) electrons. The van der Waals surface area contributed by atoms with Gasteiger partial charge in [0.25, 0.3) is 0 Å². The third-order valence-corrected chi connectivity index (χ3v) is 3.96. The summed E-state index contributed by atoms with van der Waals surface area (Å²) in [6, 6.07) is 9.00. The van der Waals surface area contributed by atoms with Gasteiger partial charge in [0.2, 0.25) is 5.91 Å². The number of benzene rings is 1. The van der Waals surface area contributed by atoms with E-state index in [-0.39, 0.29) is 11.9 Å². The Bertz CT molecular complexity index is 443. The van der Waals surface area contributed by atoms with Crippen molar-refractivity contribution < 1.29 is 4.79 Å². The lowest BCUT2D eigenvalue weighted by molar-refractivity contribution is -0.123. The number of nitrogens with zero attached hydrogens (tertiary/aromatic N) is 2. The van der Waals surface area contributed by atoms with E-state index in [9.17, 15) is 4.79 Å². The first-order valence-corrected chi connectivity index (χ1v) is 7.58. The number of carbonyl (C=O) groups excluding carboxylic acids is 1. The molecule has 1 aromatic rings. The zero-order chi connectivity index (χ0) is 15.2. The smallest absolute Gasteiger partial charge is 0.241 e. The predicted octanol–water partition coefficient (Wildman–Crippen LogP) is 0.439. The van der Waals surface area contributed by atoms with Crippen LogP contribution in [-0.2, 0) is 4.79 Å². The zero-order valence-corrected chi connectivity index (χ0v) is 13.0. The Labute approximate surface area is 127 Å². The molecule has 1 heterocycles. The van der Waals surface area contributed by atoms with E-state index in [2.05, 4.69) is 22.2 Å². The van der Waals surface area contributed by atoms with Crippen molar-refractivity contribution in [2.45, 2.75) is 19.0 Å². The first-order chi connectivity index (χ1) is 10.1. The molecule has 0 aromatic heterocycles. The number of likely N-dealkylation sites (N-methyl/N-ethyl adjacent to an activating group) is 1. The summed E-state index contributed by atoms with van der Waals surface area (Å²) in [5.41, 5.74) is 6.85. The summed E-state index contributed by atoms with van der Waals surface area (Å²) in [5, 5.41) is 3.02. The van der Waals surface area contributed by atoms with E-state index < -0.39 is 6.04 Å². The molecule has 21 heavy (non-hydrogen) atoms. The van der Waals surface area contributed by atoms with Gasteiger partial charge in [0.05, 0.1) is 0 Å². The third-order valence-electron chi connectivity index (χ3n) is 3.96. The van der Waals surface area contributed by atoms with Gasteiger partial charge >= 0.3 is 0 Å². The minimum atomic E-state index is -0.596. The topological polar surface area (TPSA) is 61.6 Å². The predicted molar refractivity (Wildman–Crippen MR) is 84.9 cm³/mol. The summed E-state index contributed by atoms with van der Waals surface area (Å²) in [7, 11) is 2.14. The van der Waals surface area contributed by atoms with Crippen molar-refractivity contribution in [2.24, 2.45) is 5.73 Å². The van der Waals surface area contributed by atoms with E-state index in [4.69, 9.17) is 5.73 Å². The number of amides is 1. The highest BCUT2D eigenvalue weighted by Gasteiger charge is 2.20. The van der Waals surface area contributed by atoms with E-state index in [1.807, 2.05) is 37.3 Å². The minimum Gasteiger partial charge on any atom is -0.351 e. The van der Waals surface area contributed by atoms with Gasteiger partial charge in [0, 0.05) is 38.8 Å². The molecule has 116 valence electrons. The van der Waals surface area contributed by atoms with Gasteiger partial charge in [0.1, 0.15) is 6.04 Å². The monoisotopic (exact) mass is 290 g/mol. The van der Waals surface area contributed by atoms with E-state index in [1.165, 1.54) is 0 Å². The van der Waals surface area contributed by atoms with Gasteiger partial charge < -0.3 is 16.0 Å². The molecule has 2 rings (SSSR count). The maximum atomic E-state index is 12.2. The molecule has 5 heteroatoms. The summed E-state index contributed by atoms with van der Waals surface area (Å²) in [5.74, 6) is -0.108. The van der Waals surface area contributed by atoms with Crippen LogP contribution in [-0.4, -0.2) is 61.5 Å². The molecule has 0 spiro atoms. The second-order valence-electron chi connectivity index (χ2n) is 5.90. The first kappa shape index (κ1) is 15.9. The second-order valence-corrected chi connectivity index (χ2v) is 5.90. The minimum absolute atomic E-state index is 0.107. The van der Waals surface area contributed by atoms with Crippen LogP contribution in [0, 0.1) is 0 Å². The zero-order valence-electron chi connectivity index (χ0n) is 13.0. The lowest BCUT2D eigenvalue weighted by Crippen LogP contribution is -2.50. The Balaban J connectivity index is 1.79. The Morgan fingerprint density at radius 3 is 2.48 bits per heavy atom. The molecule has 0 aliphatic carbocycles. The molecular weight excluding hydrogens is 264 g/mol. The Morgan fingerprint density at radius 2 is 1.86 bits per heavy atom. The van der Waals surface area contributed by atoms with Gasteiger partial charge in [-0.2, -0.15) is 0 Å². The average Bonchev–Trinajstić information content (AvgIpc) is 2.49. The van der Waals surface area contributed by atoms with Gasteiger partial charge in [-0.05, 0) is 19.5 Å². The first-order valence-electron chi connectivity index (χ1n) is 7.58. The van der Waals surface area contributed by atoms with Crippen molar-refractivity contribution in [3.63, 3.8) is 0 Å². The van der Waals surface area contributed by atoms with Crippen LogP contribution in [0.1, 0.15) is 18.5 Å². The van der Waals surface area contributed by atoms with Gasteiger partial charge in [-0.25, -0.2) is 0 Å². The quantitative estimate of drug-likeness (QED) is 0.826. The average molecular weight is 290 g/mol. The number of carbonyl (C=O) groups is 1. The highest BCUT2D eigenvalue weighted by Crippen LogP contribution is 2.10. The second kappa shape index (κ2) is 7.54. The maximum Gasteiger partial charge on any atom is 0.241 e. The fourth-order valence-electron chi connectivity index (χ4n) is 2.61. The molecular formula is C16H26N4O. The number of nitrogens with two attached hydrogens (primary N) is 1. The summed E-state index contributed by atoms with van der Waals surface area (Å²) in [4.78, 5) is 16.9. The van der Waals surface area contributed by atoms with Crippen LogP contribution in [0.2, 0.25) is 0 Å². The third kappa shape index (κ3) is 4.81. The van der Waals surface area contributed by atoms with Crippen molar-refractivity contribution in [1.82, 2.24) is 15.1 Å². The van der Waals surface area contributed by atoms with Crippen LogP contribution < -0.4 is 11.1 Å². The number of hydrogen-bond donors (Lipinski definition) is 2. The molecule has 2 atom stereocenters. The van der Waals surface area contributed by atoms with Crippen molar-refractivity contribution >= 4 is 5.91 Å². The Hall–Kier alpha value is -1.43. The van der Waals surface area contributed by atoms with Crippen LogP contribution in [0.4, 0.5) is 0 Å². The van der Waals surface area contributed by atoms with Gasteiger partial charge in [-0.15, -0.1) is 0 Å². The fraction of sp³-hybridized carbons (Fsp3) is 0.562. The molecule has 1 aliphatic rings. The summed E-state index contributed by atoms with van der Waals surface area (Å²) in [6.07, 6.45) is 0. The summed E-state index contributed by atoms with van der Waals surface area (Å²) >= 11 is 0. The SMILES string of the molecule is CC(CN1CCN(C)CC1)NC(=O)C(N)c1ccccc1. The van der Waals surface area contributed by atoms with E-state index in [0.29, 0.717) is 0 Å². The van der Waals surface area contributed by atoms with Crippen LogP contribution in [0.3, 0.4) is 0 Å². The number of hydrogen-bond acceptors (Lipinski definition) is 4.